The normalized spacial score (nSPS) is 18.0. The van der Waals surface area contributed by atoms with E-state index in [9.17, 15) is 9.59 Å². The van der Waals surface area contributed by atoms with Crippen molar-refractivity contribution >= 4 is 23.3 Å². The summed E-state index contributed by atoms with van der Waals surface area (Å²) in [4.78, 5) is 29.2. The molecule has 0 atom stereocenters. The third-order valence-electron chi connectivity index (χ3n) is 6.32. The number of carbonyl (C=O) groups is 2. The number of benzene rings is 1. The number of nitrogens with zero attached hydrogens (tertiary/aromatic N) is 2. The quantitative estimate of drug-likeness (QED) is 0.751. The summed E-state index contributed by atoms with van der Waals surface area (Å²) in [6.45, 7) is 7.83. The molecule has 0 aliphatic carbocycles. The van der Waals surface area contributed by atoms with Gasteiger partial charge in [-0.3, -0.25) is 4.79 Å². The zero-order chi connectivity index (χ0) is 20.6. The minimum atomic E-state index is -0.166. The summed E-state index contributed by atoms with van der Waals surface area (Å²) in [6.07, 6.45) is 7.25. The van der Waals surface area contributed by atoms with Gasteiger partial charge in [0, 0.05) is 49.5 Å². The summed E-state index contributed by atoms with van der Waals surface area (Å²) in [5.74, 6) is 0.405. The molecule has 1 aromatic rings. The highest BCUT2D eigenvalue weighted by atomic mass is 16.2. The Labute approximate surface area is 175 Å². The van der Waals surface area contributed by atoms with Crippen molar-refractivity contribution in [2.45, 2.75) is 64.8 Å². The van der Waals surface area contributed by atoms with Gasteiger partial charge in [0.25, 0.3) is 0 Å². The fraction of sp³-hybridized carbons (Fsp3) is 0.652. The summed E-state index contributed by atoms with van der Waals surface area (Å²) in [7, 11) is 0. The van der Waals surface area contributed by atoms with Crippen LogP contribution in [0.25, 0.3) is 0 Å². The summed E-state index contributed by atoms with van der Waals surface area (Å²) < 4.78 is 0. The number of piperidine rings is 2. The average Bonchev–Trinajstić information content (AvgIpc) is 2.76. The van der Waals surface area contributed by atoms with Crippen molar-refractivity contribution in [1.82, 2.24) is 10.2 Å². The van der Waals surface area contributed by atoms with Crippen LogP contribution < -0.4 is 15.5 Å². The lowest BCUT2D eigenvalue weighted by atomic mass is 9.98. The van der Waals surface area contributed by atoms with Gasteiger partial charge in [-0.25, -0.2) is 4.79 Å². The van der Waals surface area contributed by atoms with E-state index in [1.807, 2.05) is 17.0 Å². The van der Waals surface area contributed by atoms with Crippen molar-refractivity contribution < 1.29 is 9.59 Å². The average molecular weight is 401 g/mol. The molecule has 2 heterocycles. The van der Waals surface area contributed by atoms with Crippen LogP contribution in [-0.2, 0) is 4.79 Å². The zero-order valence-corrected chi connectivity index (χ0v) is 18.0. The molecule has 3 amide bonds. The van der Waals surface area contributed by atoms with Gasteiger partial charge in [-0.05, 0) is 69.2 Å². The van der Waals surface area contributed by atoms with Gasteiger partial charge in [0.1, 0.15) is 0 Å². The second-order valence-corrected chi connectivity index (χ2v) is 8.31. The van der Waals surface area contributed by atoms with Crippen LogP contribution in [0.3, 0.4) is 0 Å². The molecule has 0 spiro atoms. The summed E-state index contributed by atoms with van der Waals surface area (Å²) in [5.41, 5.74) is 2.04. The lowest BCUT2D eigenvalue weighted by Crippen LogP contribution is -2.48. The van der Waals surface area contributed by atoms with Crippen molar-refractivity contribution in [1.29, 1.82) is 0 Å². The predicted molar refractivity (Wildman–Crippen MR) is 118 cm³/mol. The number of likely N-dealkylation sites (tertiary alicyclic amines) is 1. The molecule has 2 aliphatic heterocycles. The molecular weight excluding hydrogens is 364 g/mol. The topological polar surface area (TPSA) is 64.7 Å². The van der Waals surface area contributed by atoms with Crippen LogP contribution >= 0.6 is 0 Å². The van der Waals surface area contributed by atoms with Gasteiger partial charge in [-0.1, -0.05) is 13.8 Å². The van der Waals surface area contributed by atoms with Crippen LogP contribution in [-0.4, -0.2) is 49.1 Å². The van der Waals surface area contributed by atoms with Gasteiger partial charge < -0.3 is 20.4 Å². The van der Waals surface area contributed by atoms with Crippen LogP contribution in [0.15, 0.2) is 24.3 Å². The van der Waals surface area contributed by atoms with Gasteiger partial charge in [0.2, 0.25) is 5.91 Å². The third kappa shape index (κ3) is 5.87. The highest BCUT2D eigenvalue weighted by Crippen LogP contribution is 2.22. The van der Waals surface area contributed by atoms with Crippen molar-refractivity contribution in [3.63, 3.8) is 0 Å². The Balaban J connectivity index is 1.42. The van der Waals surface area contributed by atoms with E-state index in [2.05, 4.69) is 41.5 Å². The lowest BCUT2D eigenvalue weighted by molar-refractivity contribution is -0.136. The molecule has 6 heteroatoms. The van der Waals surface area contributed by atoms with Gasteiger partial charge in [0.15, 0.2) is 0 Å². The van der Waals surface area contributed by atoms with Crippen molar-refractivity contribution in [2.75, 3.05) is 36.4 Å². The van der Waals surface area contributed by atoms with Gasteiger partial charge in [0.05, 0.1) is 0 Å². The largest absolute Gasteiger partial charge is 0.372 e. The molecule has 0 aromatic heterocycles. The van der Waals surface area contributed by atoms with Crippen LogP contribution in [0.2, 0.25) is 0 Å². The first kappa shape index (κ1) is 21.5. The summed E-state index contributed by atoms with van der Waals surface area (Å²) >= 11 is 0. The van der Waals surface area contributed by atoms with E-state index < -0.39 is 0 Å². The lowest BCUT2D eigenvalue weighted by Gasteiger charge is -2.34. The van der Waals surface area contributed by atoms with Crippen LogP contribution in [0.5, 0.6) is 0 Å². The highest BCUT2D eigenvalue weighted by Gasteiger charge is 2.27. The number of amides is 3. The van der Waals surface area contributed by atoms with E-state index in [0.29, 0.717) is 0 Å². The second kappa shape index (κ2) is 10.5. The first-order chi connectivity index (χ1) is 14.1. The summed E-state index contributed by atoms with van der Waals surface area (Å²) in [6, 6.07) is 8.07. The smallest absolute Gasteiger partial charge is 0.319 e. The van der Waals surface area contributed by atoms with E-state index in [0.717, 1.165) is 57.5 Å². The first-order valence-corrected chi connectivity index (χ1v) is 11.3. The third-order valence-corrected chi connectivity index (χ3v) is 6.32. The molecule has 1 aromatic carbocycles. The van der Waals surface area contributed by atoms with E-state index in [1.54, 1.807) is 0 Å². The number of nitrogens with one attached hydrogen (secondary N) is 2. The predicted octanol–water partition coefficient (Wildman–Crippen LogP) is 4.23. The molecule has 3 rings (SSSR count). The molecular formula is C23H36N4O2. The van der Waals surface area contributed by atoms with Crippen molar-refractivity contribution in [3.05, 3.63) is 24.3 Å². The van der Waals surface area contributed by atoms with Crippen LogP contribution in [0, 0.1) is 5.92 Å². The molecule has 2 saturated heterocycles. The highest BCUT2D eigenvalue weighted by molar-refractivity contribution is 5.89. The molecule has 2 N–H and O–H groups in total. The molecule has 2 fully saturated rings. The van der Waals surface area contributed by atoms with Gasteiger partial charge in [-0.15, -0.1) is 0 Å². The Kier molecular flexibility index (Phi) is 7.78. The molecule has 0 radical (unpaired) electrons. The second-order valence-electron chi connectivity index (χ2n) is 8.31. The Morgan fingerprint density at radius 2 is 1.59 bits per heavy atom. The number of anilines is 2. The molecule has 0 bridgehead atoms. The zero-order valence-electron chi connectivity index (χ0n) is 18.0. The van der Waals surface area contributed by atoms with E-state index in [4.69, 9.17) is 0 Å². The van der Waals surface area contributed by atoms with E-state index in [1.165, 1.54) is 24.9 Å². The molecule has 6 nitrogen and oxygen atoms in total. The van der Waals surface area contributed by atoms with E-state index in [-0.39, 0.29) is 23.9 Å². The van der Waals surface area contributed by atoms with E-state index >= 15 is 0 Å². The standard InChI is InChI=1S/C23H36N4O2/c1-3-18(4-2)22(28)27-16-12-20(13-17-27)25-23(29)24-19-8-10-21(11-9-19)26-14-6-5-7-15-26/h8-11,18,20H,3-7,12-17H2,1-2H3,(H2,24,25,29). The minimum absolute atomic E-state index is 0.119. The van der Waals surface area contributed by atoms with Crippen molar-refractivity contribution in [2.24, 2.45) is 5.92 Å². The number of hydrogen-bond donors (Lipinski definition) is 2. The maximum Gasteiger partial charge on any atom is 0.319 e. The maximum absolute atomic E-state index is 12.5. The van der Waals surface area contributed by atoms with Gasteiger partial charge in [-0.2, -0.15) is 0 Å². The van der Waals surface area contributed by atoms with Crippen LogP contribution in [0.1, 0.15) is 58.8 Å². The first-order valence-electron chi connectivity index (χ1n) is 11.3. The Hall–Kier alpha value is -2.24. The molecule has 0 saturated carbocycles. The SMILES string of the molecule is CCC(CC)C(=O)N1CCC(NC(=O)Nc2ccc(N3CCCCC3)cc2)CC1. The fourth-order valence-corrected chi connectivity index (χ4v) is 4.40. The van der Waals surface area contributed by atoms with Gasteiger partial charge >= 0.3 is 6.03 Å². The molecule has 160 valence electrons. The van der Waals surface area contributed by atoms with Crippen molar-refractivity contribution in [3.8, 4) is 0 Å². The Morgan fingerprint density at radius 3 is 2.17 bits per heavy atom. The Bertz CT molecular complexity index is 658. The number of rotatable bonds is 6. The number of hydrogen-bond acceptors (Lipinski definition) is 3. The summed E-state index contributed by atoms with van der Waals surface area (Å²) in [5, 5.41) is 6.00. The monoisotopic (exact) mass is 400 g/mol. The fourth-order valence-electron chi connectivity index (χ4n) is 4.40. The maximum atomic E-state index is 12.5. The number of carbonyl (C=O) groups excluding carboxylic acids is 2. The van der Waals surface area contributed by atoms with Crippen LogP contribution in [0.4, 0.5) is 16.2 Å². The molecule has 0 unspecified atom stereocenters. The number of urea groups is 1. The Morgan fingerprint density at radius 1 is 0.966 bits per heavy atom. The molecule has 2 aliphatic rings. The molecule has 29 heavy (non-hydrogen) atoms. The minimum Gasteiger partial charge on any atom is -0.372 e.